The Labute approximate surface area is 137 Å². The summed E-state index contributed by atoms with van der Waals surface area (Å²) in [5.74, 6) is -0.279. The van der Waals surface area contributed by atoms with E-state index in [0.29, 0.717) is 5.69 Å². The fraction of sp³-hybridized carbons (Fsp3) is 0.278. The highest BCUT2D eigenvalue weighted by Crippen LogP contribution is 2.42. The Morgan fingerprint density at radius 3 is 3.00 bits per heavy atom. The monoisotopic (exact) mass is 322 g/mol. The van der Waals surface area contributed by atoms with Gasteiger partial charge in [-0.3, -0.25) is 4.79 Å². The Bertz CT molecular complexity index is 967. The molecule has 120 valence electrons. The smallest absolute Gasteiger partial charge is 0.210 e. The van der Waals surface area contributed by atoms with Gasteiger partial charge in [0.1, 0.15) is 5.82 Å². The quantitative estimate of drug-likeness (QED) is 0.682. The van der Waals surface area contributed by atoms with Crippen LogP contribution in [0.4, 0.5) is 4.39 Å². The first kappa shape index (κ1) is 13.7. The van der Waals surface area contributed by atoms with E-state index in [1.165, 1.54) is 12.1 Å². The fourth-order valence-electron chi connectivity index (χ4n) is 4.08. The van der Waals surface area contributed by atoms with E-state index in [-0.39, 0.29) is 17.9 Å². The van der Waals surface area contributed by atoms with E-state index >= 15 is 0 Å². The number of benzene rings is 1. The molecule has 24 heavy (non-hydrogen) atoms. The van der Waals surface area contributed by atoms with Crippen LogP contribution in [0.2, 0.25) is 0 Å². The van der Waals surface area contributed by atoms with Crippen molar-refractivity contribution >= 4 is 12.1 Å². The molecular formula is C18H15FN4O. The van der Waals surface area contributed by atoms with Crippen molar-refractivity contribution in [1.29, 1.82) is 0 Å². The van der Waals surface area contributed by atoms with Crippen LogP contribution in [0.1, 0.15) is 30.1 Å². The van der Waals surface area contributed by atoms with Gasteiger partial charge >= 0.3 is 0 Å². The van der Waals surface area contributed by atoms with E-state index in [0.717, 1.165) is 48.1 Å². The molecule has 6 heteroatoms. The molecule has 0 aliphatic carbocycles. The zero-order valence-corrected chi connectivity index (χ0v) is 12.9. The average Bonchev–Trinajstić information content (AvgIpc) is 3.15. The van der Waals surface area contributed by atoms with Gasteiger partial charge in [0.25, 0.3) is 0 Å². The predicted octanol–water partition coefficient (Wildman–Crippen LogP) is 2.75. The summed E-state index contributed by atoms with van der Waals surface area (Å²) in [5.41, 5.74) is 4.40. The van der Waals surface area contributed by atoms with Crippen LogP contribution in [0.5, 0.6) is 0 Å². The second-order valence-electron chi connectivity index (χ2n) is 6.47. The zero-order chi connectivity index (χ0) is 16.3. The number of halogens is 1. The van der Waals surface area contributed by atoms with Crippen LogP contribution >= 0.6 is 0 Å². The van der Waals surface area contributed by atoms with Crippen LogP contribution in [0.15, 0.2) is 36.5 Å². The number of amides is 1. The van der Waals surface area contributed by atoms with Gasteiger partial charge < -0.3 is 4.90 Å². The van der Waals surface area contributed by atoms with Gasteiger partial charge in [-0.05, 0) is 25.0 Å². The predicted molar refractivity (Wildman–Crippen MR) is 85.8 cm³/mol. The summed E-state index contributed by atoms with van der Waals surface area (Å²) in [7, 11) is 0. The summed E-state index contributed by atoms with van der Waals surface area (Å²) < 4.78 is 15.3. The van der Waals surface area contributed by atoms with Crippen LogP contribution in [0.3, 0.4) is 0 Å². The number of aromatic nitrogens is 3. The molecule has 0 N–H and O–H groups in total. The van der Waals surface area contributed by atoms with Gasteiger partial charge in [-0.1, -0.05) is 12.1 Å². The lowest BCUT2D eigenvalue weighted by molar-refractivity contribution is -0.121. The van der Waals surface area contributed by atoms with Crippen molar-refractivity contribution in [3.8, 4) is 11.3 Å². The van der Waals surface area contributed by atoms with Crippen LogP contribution in [0.25, 0.3) is 16.9 Å². The SMILES string of the molecule is O=CN1[C@@H]2CC[C@H]1c1cnc3cc(-c4cccc(F)c4)nn3c1C2. The minimum Gasteiger partial charge on any atom is -0.335 e. The molecule has 1 saturated heterocycles. The summed E-state index contributed by atoms with van der Waals surface area (Å²) >= 11 is 0. The lowest BCUT2D eigenvalue weighted by atomic mass is 10.00. The van der Waals surface area contributed by atoms with Crippen LogP contribution < -0.4 is 0 Å². The van der Waals surface area contributed by atoms with Gasteiger partial charge in [0.2, 0.25) is 6.41 Å². The molecule has 2 aromatic heterocycles. The third kappa shape index (κ3) is 1.82. The number of carbonyl (C=O) groups excluding carboxylic acids is 1. The number of hydrogen-bond acceptors (Lipinski definition) is 3. The molecule has 1 aromatic carbocycles. The molecule has 1 amide bonds. The lowest BCUT2D eigenvalue weighted by Gasteiger charge is -2.33. The molecular weight excluding hydrogens is 307 g/mol. The number of fused-ring (bicyclic) bond motifs is 6. The van der Waals surface area contributed by atoms with E-state index in [1.807, 2.05) is 27.7 Å². The van der Waals surface area contributed by atoms with Gasteiger partial charge in [0, 0.05) is 35.9 Å². The summed E-state index contributed by atoms with van der Waals surface area (Å²) in [5, 5.41) is 4.67. The lowest BCUT2D eigenvalue weighted by Crippen LogP contribution is -2.37. The maximum Gasteiger partial charge on any atom is 0.210 e. The standard InChI is InChI=1S/C18H15FN4O/c19-12-3-1-2-11(6-12)15-8-18-20-9-14-16-5-4-13(22(16)10-24)7-17(14)23(18)21-15/h1-3,6,8-10,13,16H,4-5,7H2/t13-,16+/m1/s1. The van der Waals surface area contributed by atoms with Crippen molar-refractivity contribution in [3.63, 3.8) is 0 Å². The number of nitrogens with zero attached hydrogens (tertiary/aromatic N) is 4. The molecule has 0 saturated carbocycles. The molecule has 5 nitrogen and oxygen atoms in total. The first-order valence-corrected chi connectivity index (χ1v) is 8.11. The molecule has 0 radical (unpaired) electrons. The van der Waals surface area contributed by atoms with Gasteiger partial charge in [-0.25, -0.2) is 13.9 Å². The maximum absolute atomic E-state index is 13.5. The second-order valence-corrected chi connectivity index (χ2v) is 6.47. The summed E-state index contributed by atoms with van der Waals surface area (Å²) in [4.78, 5) is 17.8. The molecule has 1 fully saturated rings. The van der Waals surface area contributed by atoms with Crippen molar-refractivity contribution in [1.82, 2.24) is 19.5 Å². The zero-order valence-electron chi connectivity index (χ0n) is 12.9. The van der Waals surface area contributed by atoms with E-state index in [2.05, 4.69) is 10.1 Å². The van der Waals surface area contributed by atoms with Gasteiger partial charge in [-0.15, -0.1) is 0 Å². The summed E-state index contributed by atoms with van der Waals surface area (Å²) in [6, 6.07) is 8.65. The van der Waals surface area contributed by atoms with Crippen LogP contribution in [-0.4, -0.2) is 31.9 Å². The number of carbonyl (C=O) groups is 1. The fourth-order valence-corrected chi connectivity index (χ4v) is 4.08. The van der Waals surface area contributed by atoms with Gasteiger partial charge in [-0.2, -0.15) is 5.10 Å². The number of rotatable bonds is 2. The first-order valence-electron chi connectivity index (χ1n) is 8.11. The molecule has 4 heterocycles. The van der Waals surface area contributed by atoms with Crippen molar-refractivity contribution in [2.45, 2.75) is 31.3 Å². The second kappa shape index (κ2) is 4.87. The average molecular weight is 322 g/mol. The first-order chi connectivity index (χ1) is 11.7. The summed E-state index contributed by atoms with van der Waals surface area (Å²) in [6.45, 7) is 0. The topological polar surface area (TPSA) is 50.5 Å². The third-order valence-corrected chi connectivity index (χ3v) is 5.20. The Morgan fingerprint density at radius 2 is 2.17 bits per heavy atom. The number of hydrogen-bond donors (Lipinski definition) is 0. The highest BCUT2D eigenvalue weighted by Gasteiger charge is 2.40. The molecule has 0 spiro atoms. The molecule has 3 aromatic rings. The van der Waals surface area contributed by atoms with Crippen LogP contribution in [0, 0.1) is 5.82 Å². The molecule has 0 unspecified atom stereocenters. The highest BCUT2D eigenvalue weighted by molar-refractivity contribution is 5.64. The van der Waals surface area contributed by atoms with Crippen molar-refractivity contribution < 1.29 is 9.18 Å². The Balaban J connectivity index is 1.68. The van der Waals surface area contributed by atoms with Crippen molar-refractivity contribution in [2.75, 3.05) is 0 Å². The van der Waals surface area contributed by atoms with Crippen molar-refractivity contribution in [2.24, 2.45) is 0 Å². The van der Waals surface area contributed by atoms with Crippen LogP contribution in [-0.2, 0) is 11.2 Å². The molecule has 5 rings (SSSR count). The normalized spacial score (nSPS) is 22.0. The summed E-state index contributed by atoms with van der Waals surface area (Å²) in [6.07, 6.45) is 5.59. The third-order valence-electron chi connectivity index (χ3n) is 5.20. The molecule has 2 bridgehead atoms. The van der Waals surface area contributed by atoms with E-state index < -0.39 is 0 Å². The van der Waals surface area contributed by atoms with E-state index in [9.17, 15) is 9.18 Å². The van der Waals surface area contributed by atoms with Gasteiger partial charge in [0.05, 0.1) is 17.4 Å². The van der Waals surface area contributed by atoms with Crippen molar-refractivity contribution in [3.05, 3.63) is 53.6 Å². The molecule has 2 atom stereocenters. The minimum absolute atomic E-state index is 0.106. The highest BCUT2D eigenvalue weighted by atomic mass is 19.1. The van der Waals surface area contributed by atoms with Gasteiger partial charge in [0.15, 0.2) is 5.65 Å². The Morgan fingerprint density at radius 1 is 1.25 bits per heavy atom. The maximum atomic E-state index is 13.5. The Hall–Kier alpha value is -2.76. The molecule has 2 aliphatic heterocycles. The largest absolute Gasteiger partial charge is 0.335 e. The van der Waals surface area contributed by atoms with E-state index in [4.69, 9.17) is 0 Å². The molecule has 2 aliphatic rings. The Kier molecular flexibility index (Phi) is 2.77. The minimum atomic E-state index is -0.279. The van der Waals surface area contributed by atoms with E-state index in [1.54, 1.807) is 6.07 Å².